The summed E-state index contributed by atoms with van der Waals surface area (Å²) in [6.45, 7) is 0. The summed E-state index contributed by atoms with van der Waals surface area (Å²) in [6.07, 6.45) is -5.95. The highest BCUT2D eigenvalue weighted by Crippen LogP contribution is 2.31. The number of carboxylic acid groups (broad SMARTS) is 1. The van der Waals surface area contributed by atoms with Crippen molar-refractivity contribution in [2.75, 3.05) is 5.32 Å². The highest BCUT2D eigenvalue weighted by atomic mass is 32.1. The number of hydrogen-bond acceptors (Lipinski definition) is 3. The largest absolute Gasteiger partial charge is 0.465 e. The van der Waals surface area contributed by atoms with Gasteiger partial charge < -0.3 is 5.11 Å². The summed E-state index contributed by atoms with van der Waals surface area (Å²) in [5.41, 5.74) is -1.10. The summed E-state index contributed by atoms with van der Waals surface area (Å²) >= 11 is 0.443. The van der Waals surface area contributed by atoms with Gasteiger partial charge in [-0.05, 0) is 11.5 Å². The molecule has 0 bridgehead atoms. The third-order valence-electron chi connectivity index (χ3n) is 1.03. The van der Waals surface area contributed by atoms with Crippen molar-refractivity contribution in [2.45, 2.75) is 6.18 Å². The smallest absolute Gasteiger partial charge is 0.434 e. The zero-order chi connectivity index (χ0) is 10.1. The molecule has 2 N–H and O–H groups in total. The lowest BCUT2D eigenvalue weighted by molar-refractivity contribution is -0.140. The first-order valence-electron chi connectivity index (χ1n) is 2.93. The molecule has 0 aromatic carbocycles. The number of halogens is 3. The van der Waals surface area contributed by atoms with Crippen molar-refractivity contribution >= 4 is 22.6 Å². The predicted octanol–water partition coefficient (Wildman–Crippen LogP) is 2.25. The topological polar surface area (TPSA) is 62.2 Å². The van der Waals surface area contributed by atoms with Gasteiger partial charge in [0, 0.05) is 6.07 Å². The van der Waals surface area contributed by atoms with Crippen LogP contribution in [0.1, 0.15) is 5.69 Å². The van der Waals surface area contributed by atoms with Crippen LogP contribution in [0, 0.1) is 0 Å². The molecule has 1 amide bonds. The number of nitrogens with zero attached hydrogens (tertiary/aromatic N) is 1. The Hall–Kier alpha value is -1.31. The molecule has 0 spiro atoms. The first-order valence-corrected chi connectivity index (χ1v) is 3.71. The van der Waals surface area contributed by atoms with Crippen LogP contribution < -0.4 is 5.32 Å². The molecule has 1 rings (SSSR count). The average molecular weight is 212 g/mol. The van der Waals surface area contributed by atoms with Crippen LogP contribution in [0.25, 0.3) is 0 Å². The quantitative estimate of drug-likeness (QED) is 0.750. The second-order valence-electron chi connectivity index (χ2n) is 2.00. The molecular formula is C5H3F3N2O2S. The van der Waals surface area contributed by atoms with Crippen LogP contribution in [-0.4, -0.2) is 15.6 Å². The number of alkyl halides is 3. The normalized spacial score (nSPS) is 11.3. The molecular weight excluding hydrogens is 209 g/mol. The minimum absolute atomic E-state index is 0.153. The number of anilines is 1. The molecule has 72 valence electrons. The van der Waals surface area contributed by atoms with Crippen molar-refractivity contribution in [3.05, 3.63) is 11.8 Å². The van der Waals surface area contributed by atoms with Gasteiger partial charge in [-0.25, -0.2) is 4.79 Å². The second kappa shape index (κ2) is 3.21. The number of amides is 1. The molecule has 0 radical (unpaired) electrons. The van der Waals surface area contributed by atoms with Gasteiger partial charge in [-0.15, -0.1) is 0 Å². The van der Waals surface area contributed by atoms with Crippen LogP contribution in [0.5, 0.6) is 0 Å². The van der Waals surface area contributed by atoms with Crippen LogP contribution in [0.2, 0.25) is 0 Å². The fourth-order valence-electron chi connectivity index (χ4n) is 0.573. The van der Waals surface area contributed by atoms with Gasteiger partial charge in [0.2, 0.25) is 0 Å². The maximum Gasteiger partial charge on any atom is 0.434 e. The third-order valence-corrected chi connectivity index (χ3v) is 1.74. The lowest BCUT2D eigenvalue weighted by Gasteiger charge is -1.98. The maximum atomic E-state index is 11.9. The van der Waals surface area contributed by atoms with E-state index >= 15 is 0 Å². The Kier molecular flexibility index (Phi) is 2.41. The maximum absolute atomic E-state index is 11.9. The highest BCUT2D eigenvalue weighted by molar-refractivity contribution is 7.10. The minimum Gasteiger partial charge on any atom is -0.465 e. The number of rotatable bonds is 1. The summed E-state index contributed by atoms with van der Waals surface area (Å²) < 4.78 is 38.8. The van der Waals surface area contributed by atoms with E-state index in [4.69, 9.17) is 5.11 Å². The molecule has 1 aromatic rings. The number of hydrogen-bond donors (Lipinski definition) is 2. The van der Waals surface area contributed by atoms with Gasteiger partial charge in [0.25, 0.3) is 0 Å². The molecule has 0 aliphatic heterocycles. The van der Waals surface area contributed by atoms with E-state index < -0.39 is 18.0 Å². The van der Waals surface area contributed by atoms with Crippen LogP contribution >= 0.6 is 11.5 Å². The number of aromatic nitrogens is 1. The van der Waals surface area contributed by atoms with Gasteiger partial charge in [0.1, 0.15) is 5.00 Å². The summed E-state index contributed by atoms with van der Waals surface area (Å²) in [7, 11) is 0. The summed E-state index contributed by atoms with van der Waals surface area (Å²) in [5, 5.41) is 9.78. The molecule has 8 heteroatoms. The van der Waals surface area contributed by atoms with E-state index in [0.717, 1.165) is 0 Å². The molecule has 0 atom stereocenters. The van der Waals surface area contributed by atoms with Crippen LogP contribution in [0.4, 0.5) is 23.0 Å². The van der Waals surface area contributed by atoms with E-state index in [1.807, 2.05) is 0 Å². The van der Waals surface area contributed by atoms with E-state index in [1.54, 1.807) is 5.32 Å². The Bertz CT molecular complexity index is 322. The Morgan fingerprint density at radius 1 is 1.62 bits per heavy atom. The third kappa shape index (κ3) is 2.58. The fourth-order valence-corrected chi connectivity index (χ4v) is 1.22. The SMILES string of the molecule is O=C(O)Nc1cc(C(F)(F)F)ns1. The van der Waals surface area contributed by atoms with Crippen molar-refractivity contribution in [1.82, 2.24) is 4.37 Å². The Morgan fingerprint density at radius 2 is 2.23 bits per heavy atom. The molecule has 0 aliphatic carbocycles. The monoisotopic (exact) mass is 212 g/mol. The van der Waals surface area contributed by atoms with Crippen molar-refractivity contribution in [3.63, 3.8) is 0 Å². The van der Waals surface area contributed by atoms with Crippen LogP contribution in [0.15, 0.2) is 6.07 Å². The van der Waals surface area contributed by atoms with E-state index in [0.29, 0.717) is 17.6 Å². The van der Waals surface area contributed by atoms with Gasteiger partial charge in [-0.3, -0.25) is 5.32 Å². The molecule has 4 nitrogen and oxygen atoms in total. The fraction of sp³-hybridized carbons (Fsp3) is 0.200. The van der Waals surface area contributed by atoms with E-state index in [9.17, 15) is 18.0 Å². The summed E-state index contributed by atoms with van der Waals surface area (Å²) in [4.78, 5) is 10.0. The molecule has 1 aromatic heterocycles. The second-order valence-corrected chi connectivity index (χ2v) is 2.81. The number of carbonyl (C=O) groups is 1. The lowest BCUT2D eigenvalue weighted by atomic mass is 10.4. The molecule has 0 unspecified atom stereocenters. The Balaban J connectivity index is 2.81. The Labute approximate surface area is 74.2 Å². The summed E-state index contributed by atoms with van der Waals surface area (Å²) in [6, 6.07) is 0.638. The van der Waals surface area contributed by atoms with Gasteiger partial charge >= 0.3 is 12.3 Å². The highest BCUT2D eigenvalue weighted by Gasteiger charge is 2.33. The van der Waals surface area contributed by atoms with Crippen molar-refractivity contribution in [1.29, 1.82) is 0 Å². The van der Waals surface area contributed by atoms with E-state index in [1.165, 1.54) is 0 Å². The van der Waals surface area contributed by atoms with Crippen LogP contribution in [0.3, 0.4) is 0 Å². The standard InChI is InChI=1S/C5H3F3N2O2S/c6-5(7,8)2-1-3(13-10-2)9-4(11)12/h1,9H,(H,11,12). The molecule has 0 saturated heterocycles. The van der Waals surface area contributed by atoms with E-state index in [-0.39, 0.29) is 5.00 Å². The zero-order valence-corrected chi connectivity index (χ0v) is 6.74. The Morgan fingerprint density at radius 3 is 2.62 bits per heavy atom. The number of nitrogens with one attached hydrogen (secondary N) is 1. The van der Waals surface area contributed by atoms with Crippen molar-refractivity contribution < 1.29 is 23.1 Å². The van der Waals surface area contributed by atoms with Crippen molar-refractivity contribution in [2.24, 2.45) is 0 Å². The lowest BCUT2D eigenvalue weighted by Crippen LogP contribution is -2.06. The molecule has 1 heterocycles. The van der Waals surface area contributed by atoms with Crippen molar-refractivity contribution in [3.8, 4) is 0 Å². The van der Waals surface area contributed by atoms with E-state index in [2.05, 4.69) is 4.37 Å². The van der Waals surface area contributed by atoms with Gasteiger partial charge in [-0.1, -0.05) is 0 Å². The molecule has 0 saturated carbocycles. The molecule has 13 heavy (non-hydrogen) atoms. The molecule has 0 fully saturated rings. The zero-order valence-electron chi connectivity index (χ0n) is 5.92. The molecule has 0 aliphatic rings. The van der Waals surface area contributed by atoms with Gasteiger partial charge in [-0.2, -0.15) is 17.5 Å². The summed E-state index contributed by atoms with van der Waals surface area (Å²) in [5.74, 6) is 0. The first-order chi connectivity index (χ1) is 5.89. The van der Waals surface area contributed by atoms with Gasteiger partial charge in [0.05, 0.1) is 0 Å². The first kappa shape index (κ1) is 9.78. The van der Waals surface area contributed by atoms with Crippen LogP contribution in [-0.2, 0) is 6.18 Å². The average Bonchev–Trinajstić information content (AvgIpc) is 2.32. The predicted molar refractivity (Wildman–Crippen MR) is 38.8 cm³/mol. The van der Waals surface area contributed by atoms with Gasteiger partial charge in [0.15, 0.2) is 5.69 Å². The minimum atomic E-state index is -4.53.